The number of carbonyl (C=O) groups is 2. The first-order valence-corrected chi connectivity index (χ1v) is 7.26. The molecule has 23 heavy (non-hydrogen) atoms. The Bertz CT molecular complexity index is 672. The normalized spacial score (nSPS) is 10.7. The number of esters is 1. The average Bonchev–Trinajstić information content (AvgIpc) is 2.60. The predicted molar refractivity (Wildman–Crippen MR) is 88.4 cm³/mol. The monoisotopic (exact) mass is 310 g/mol. The summed E-state index contributed by atoms with van der Waals surface area (Å²) < 4.78 is 9.97. The van der Waals surface area contributed by atoms with Gasteiger partial charge in [-0.05, 0) is 23.8 Å². The summed E-state index contributed by atoms with van der Waals surface area (Å²) in [6.07, 6.45) is 3.46. The van der Waals surface area contributed by atoms with Gasteiger partial charge in [-0.1, -0.05) is 48.5 Å². The quantitative estimate of drug-likeness (QED) is 0.340. The fourth-order valence-corrected chi connectivity index (χ4v) is 1.89. The molecular weight excluding hydrogens is 292 g/mol. The molecular formula is C19H18O4. The molecule has 4 heteroatoms. The number of ketones is 1. The molecule has 2 aromatic carbocycles. The molecule has 2 rings (SSSR count). The first-order chi connectivity index (χ1) is 11.2. The highest BCUT2D eigenvalue weighted by Gasteiger charge is 2.04. The summed E-state index contributed by atoms with van der Waals surface area (Å²) in [5.41, 5.74) is 1.50. The van der Waals surface area contributed by atoms with Crippen LogP contribution in [0.2, 0.25) is 0 Å². The zero-order valence-electron chi connectivity index (χ0n) is 12.9. The van der Waals surface area contributed by atoms with E-state index in [1.807, 2.05) is 18.2 Å². The topological polar surface area (TPSA) is 52.6 Å². The second-order valence-electron chi connectivity index (χ2n) is 4.85. The Morgan fingerprint density at radius 2 is 1.70 bits per heavy atom. The van der Waals surface area contributed by atoms with E-state index in [0.717, 1.165) is 5.56 Å². The largest absolute Gasteiger partial charge is 0.426 e. The highest BCUT2D eigenvalue weighted by molar-refractivity contribution is 6.06. The molecule has 0 aromatic heterocycles. The van der Waals surface area contributed by atoms with Gasteiger partial charge in [-0.3, -0.25) is 9.59 Å². The van der Waals surface area contributed by atoms with Crippen LogP contribution < -0.4 is 4.74 Å². The van der Waals surface area contributed by atoms with E-state index in [1.165, 1.54) is 13.2 Å². The molecule has 4 nitrogen and oxygen atoms in total. The molecule has 0 radical (unpaired) electrons. The Hall–Kier alpha value is -2.72. The Kier molecular flexibility index (Phi) is 6.27. The summed E-state index contributed by atoms with van der Waals surface area (Å²) in [6, 6.07) is 16.0. The van der Waals surface area contributed by atoms with E-state index in [2.05, 4.69) is 0 Å². The maximum atomic E-state index is 12.0. The van der Waals surface area contributed by atoms with Crippen LogP contribution in [0.25, 0.3) is 6.08 Å². The van der Waals surface area contributed by atoms with Gasteiger partial charge in [0.1, 0.15) is 5.75 Å². The van der Waals surface area contributed by atoms with Gasteiger partial charge >= 0.3 is 5.97 Å². The van der Waals surface area contributed by atoms with Crippen molar-refractivity contribution in [2.75, 3.05) is 13.7 Å². The lowest BCUT2D eigenvalue weighted by atomic mass is 10.1. The second kappa shape index (κ2) is 8.66. The summed E-state index contributed by atoms with van der Waals surface area (Å²) in [4.78, 5) is 23.4. The lowest BCUT2D eigenvalue weighted by molar-refractivity contribution is -0.135. The van der Waals surface area contributed by atoms with Crippen molar-refractivity contribution in [3.63, 3.8) is 0 Å². The van der Waals surface area contributed by atoms with Crippen LogP contribution in [0, 0.1) is 0 Å². The summed E-state index contributed by atoms with van der Waals surface area (Å²) in [6.45, 7) is 0.335. The van der Waals surface area contributed by atoms with Crippen LogP contribution in [-0.2, 0) is 9.53 Å². The summed E-state index contributed by atoms with van der Waals surface area (Å²) in [5.74, 6) is 0.0766. The highest BCUT2D eigenvalue weighted by Crippen LogP contribution is 2.14. The van der Waals surface area contributed by atoms with Gasteiger partial charge in [-0.25, -0.2) is 0 Å². The predicted octanol–water partition coefficient (Wildman–Crippen LogP) is 3.52. The molecule has 0 saturated heterocycles. The maximum Gasteiger partial charge on any atom is 0.313 e. The summed E-state index contributed by atoms with van der Waals surface area (Å²) in [5, 5.41) is 0. The Morgan fingerprint density at radius 3 is 2.35 bits per heavy atom. The van der Waals surface area contributed by atoms with E-state index in [1.54, 1.807) is 42.5 Å². The van der Waals surface area contributed by atoms with Crippen LogP contribution in [-0.4, -0.2) is 25.5 Å². The minimum atomic E-state index is -0.339. The maximum absolute atomic E-state index is 12.0. The number of carbonyl (C=O) groups excluding carboxylic acids is 2. The lowest BCUT2D eigenvalue weighted by Gasteiger charge is -2.04. The molecule has 0 unspecified atom stereocenters. The number of allylic oxidation sites excluding steroid dienone is 1. The van der Waals surface area contributed by atoms with Gasteiger partial charge < -0.3 is 9.47 Å². The Labute approximate surface area is 135 Å². The number of hydrogen-bond acceptors (Lipinski definition) is 4. The standard InChI is InChI=1S/C19H18O4/c1-22-14-13-19(21)23-17-10-7-15(8-11-17)9-12-18(20)16-5-3-2-4-6-16/h2-12H,13-14H2,1H3/b12-9+. The highest BCUT2D eigenvalue weighted by atomic mass is 16.5. The number of benzene rings is 2. The van der Waals surface area contributed by atoms with Gasteiger partial charge in [0, 0.05) is 12.7 Å². The van der Waals surface area contributed by atoms with Crippen molar-refractivity contribution < 1.29 is 19.1 Å². The zero-order valence-corrected chi connectivity index (χ0v) is 12.9. The number of ether oxygens (including phenoxy) is 2. The molecule has 2 aromatic rings. The average molecular weight is 310 g/mol. The zero-order chi connectivity index (χ0) is 16.5. The Morgan fingerprint density at radius 1 is 1.00 bits per heavy atom. The molecule has 0 amide bonds. The van der Waals surface area contributed by atoms with E-state index < -0.39 is 0 Å². The van der Waals surface area contributed by atoms with Gasteiger partial charge in [0.2, 0.25) is 0 Å². The van der Waals surface area contributed by atoms with Gasteiger partial charge in [-0.15, -0.1) is 0 Å². The minimum absolute atomic E-state index is 0.0549. The van der Waals surface area contributed by atoms with Crippen LogP contribution in [0.15, 0.2) is 60.7 Å². The molecule has 0 saturated carbocycles. The lowest BCUT2D eigenvalue weighted by Crippen LogP contribution is -2.10. The van der Waals surface area contributed by atoms with E-state index in [4.69, 9.17) is 9.47 Å². The first-order valence-electron chi connectivity index (χ1n) is 7.26. The molecule has 0 atom stereocenters. The number of hydrogen-bond donors (Lipinski definition) is 0. The van der Waals surface area contributed by atoms with Crippen molar-refractivity contribution in [3.05, 3.63) is 71.8 Å². The number of methoxy groups -OCH3 is 1. The minimum Gasteiger partial charge on any atom is -0.426 e. The molecule has 0 aliphatic carbocycles. The third kappa shape index (κ3) is 5.52. The van der Waals surface area contributed by atoms with Crippen molar-refractivity contribution in [3.8, 4) is 5.75 Å². The van der Waals surface area contributed by atoms with E-state index >= 15 is 0 Å². The molecule has 0 bridgehead atoms. The molecule has 0 spiro atoms. The van der Waals surface area contributed by atoms with Crippen molar-refractivity contribution in [2.45, 2.75) is 6.42 Å². The molecule has 0 N–H and O–H groups in total. The molecule has 0 aliphatic rings. The fraction of sp³-hybridized carbons (Fsp3) is 0.158. The third-order valence-electron chi connectivity index (χ3n) is 3.11. The number of rotatable bonds is 7. The molecule has 118 valence electrons. The van der Waals surface area contributed by atoms with Crippen LogP contribution >= 0.6 is 0 Å². The van der Waals surface area contributed by atoms with Crippen LogP contribution in [0.5, 0.6) is 5.75 Å². The van der Waals surface area contributed by atoms with Gasteiger partial charge in [0.25, 0.3) is 0 Å². The van der Waals surface area contributed by atoms with Crippen LogP contribution in [0.1, 0.15) is 22.3 Å². The van der Waals surface area contributed by atoms with Crippen molar-refractivity contribution in [1.82, 2.24) is 0 Å². The van der Waals surface area contributed by atoms with Gasteiger partial charge in [-0.2, -0.15) is 0 Å². The SMILES string of the molecule is COCCC(=O)Oc1ccc(/C=C/C(=O)c2ccccc2)cc1. The van der Waals surface area contributed by atoms with Gasteiger partial charge in [0.15, 0.2) is 5.78 Å². The van der Waals surface area contributed by atoms with E-state index in [0.29, 0.717) is 17.9 Å². The van der Waals surface area contributed by atoms with Gasteiger partial charge in [0.05, 0.1) is 13.0 Å². The first kappa shape index (κ1) is 16.6. The Balaban J connectivity index is 1.93. The molecule has 0 aliphatic heterocycles. The van der Waals surface area contributed by atoms with Crippen LogP contribution in [0.4, 0.5) is 0 Å². The smallest absolute Gasteiger partial charge is 0.313 e. The fourth-order valence-electron chi connectivity index (χ4n) is 1.89. The van der Waals surface area contributed by atoms with Crippen molar-refractivity contribution in [1.29, 1.82) is 0 Å². The van der Waals surface area contributed by atoms with Crippen LogP contribution in [0.3, 0.4) is 0 Å². The molecule has 0 fully saturated rings. The molecule has 0 heterocycles. The summed E-state index contributed by atoms with van der Waals surface area (Å²) in [7, 11) is 1.53. The van der Waals surface area contributed by atoms with Crippen molar-refractivity contribution in [2.24, 2.45) is 0 Å². The van der Waals surface area contributed by atoms with E-state index in [9.17, 15) is 9.59 Å². The third-order valence-corrected chi connectivity index (χ3v) is 3.11. The van der Waals surface area contributed by atoms with E-state index in [-0.39, 0.29) is 18.2 Å². The van der Waals surface area contributed by atoms with Crippen molar-refractivity contribution >= 4 is 17.8 Å². The second-order valence-corrected chi connectivity index (χ2v) is 4.85. The summed E-state index contributed by atoms with van der Waals surface area (Å²) >= 11 is 0.